The van der Waals surface area contributed by atoms with Gasteiger partial charge in [0.15, 0.2) is 0 Å². The smallest absolute Gasteiger partial charge is 0.299 e. The van der Waals surface area contributed by atoms with Crippen LogP contribution in [0.3, 0.4) is 0 Å². The Balaban J connectivity index is 2.01. The second-order valence-electron chi connectivity index (χ2n) is 4.51. The van der Waals surface area contributed by atoms with Crippen LogP contribution >= 0.6 is 11.6 Å². The third-order valence-corrected chi connectivity index (χ3v) is 3.40. The fraction of sp³-hybridized carbons (Fsp3) is 0.0667. The summed E-state index contributed by atoms with van der Waals surface area (Å²) in [5.74, 6) is -1.74. The number of hydrogen-bond donors (Lipinski definition) is 0. The number of Topliss-reactive ketones (excluding diaryl/α,β-unsaturated/α-hetero) is 1. The van der Waals surface area contributed by atoms with Gasteiger partial charge in [-0.2, -0.15) is 0 Å². The Labute approximate surface area is 119 Å². The zero-order valence-electron chi connectivity index (χ0n) is 10.3. The van der Waals surface area contributed by atoms with Gasteiger partial charge in [-0.15, -0.1) is 0 Å². The van der Waals surface area contributed by atoms with Crippen LogP contribution in [0.15, 0.2) is 42.5 Å². The zero-order chi connectivity index (χ0) is 14.3. The van der Waals surface area contributed by atoms with E-state index in [1.54, 1.807) is 24.3 Å². The molecule has 1 aliphatic rings. The van der Waals surface area contributed by atoms with Crippen molar-refractivity contribution >= 4 is 29.0 Å². The SMILES string of the molecule is O=C1C(=O)N(Cc2cccc(Cl)c2)c2cc(F)ccc21. The summed E-state index contributed by atoms with van der Waals surface area (Å²) in [6, 6.07) is 10.7. The van der Waals surface area contributed by atoms with Crippen LogP contribution < -0.4 is 4.90 Å². The molecule has 2 aromatic rings. The van der Waals surface area contributed by atoms with Gasteiger partial charge in [-0.3, -0.25) is 9.59 Å². The van der Waals surface area contributed by atoms with Crippen molar-refractivity contribution in [2.24, 2.45) is 0 Å². The molecular weight excluding hydrogens is 281 g/mol. The molecule has 2 aromatic carbocycles. The standard InChI is InChI=1S/C15H9ClFNO2/c16-10-3-1-2-9(6-10)8-18-13-7-11(17)4-5-12(13)14(19)15(18)20/h1-7H,8H2. The van der Waals surface area contributed by atoms with Crippen LogP contribution in [0.4, 0.5) is 10.1 Å². The van der Waals surface area contributed by atoms with Gasteiger partial charge in [0.05, 0.1) is 17.8 Å². The van der Waals surface area contributed by atoms with Crippen molar-refractivity contribution in [2.45, 2.75) is 6.54 Å². The molecule has 0 atom stereocenters. The van der Waals surface area contributed by atoms with E-state index in [9.17, 15) is 14.0 Å². The summed E-state index contributed by atoms with van der Waals surface area (Å²) in [6.45, 7) is 0.182. The third kappa shape index (κ3) is 2.08. The molecule has 0 bridgehead atoms. The average Bonchev–Trinajstić information content (AvgIpc) is 2.64. The van der Waals surface area contributed by atoms with Crippen molar-refractivity contribution in [2.75, 3.05) is 4.90 Å². The number of halogens is 2. The average molecular weight is 290 g/mol. The monoisotopic (exact) mass is 289 g/mol. The van der Waals surface area contributed by atoms with Gasteiger partial charge in [-0.1, -0.05) is 23.7 Å². The first-order valence-electron chi connectivity index (χ1n) is 5.96. The molecule has 0 aromatic heterocycles. The van der Waals surface area contributed by atoms with E-state index in [1.165, 1.54) is 23.1 Å². The van der Waals surface area contributed by atoms with Crippen LogP contribution in [-0.2, 0) is 11.3 Å². The van der Waals surface area contributed by atoms with Crippen LogP contribution in [0.2, 0.25) is 5.02 Å². The summed E-state index contributed by atoms with van der Waals surface area (Å²) in [5.41, 5.74) is 1.31. The predicted octanol–water partition coefficient (Wildman–Crippen LogP) is 3.21. The van der Waals surface area contributed by atoms with Crippen molar-refractivity contribution in [1.29, 1.82) is 0 Å². The Morgan fingerprint density at radius 2 is 1.90 bits per heavy atom. The molecule has 5 heteroatoms. The normalized spacial score (nSPS) is 13.8. The molecule has 100 valence electrons. The molecule has 0 fully saturated rings. The highest BCUT2D eigenvalue weighted by Crippen LogP contribution is 2.31. The predicted molar refractivity (Wildman–Crippen MR) is 73.4 cm³/mol. The number of anilines is 1. The molecule has 3 nitrogen and oxygen atoms in total. The van der Waals surface area contributed by atoms with E-state index in [1.807, 2.05) is 0 Å². The van der Waals surface area contributed by atoms with E-state index in [0.717, 1.165) is 5.56 Å². The molecule has 0 N–H and O–H groups in total. The lowest BCUT2D eigenvalue weighted by Crippen LogP contribution is -2.29. The van der Waals surface area contributed by atoms with Gasteiger partial charge < -0.3 is 4.90 Å². The summed E-state index contributed by atoms with van der Waals surface area (Å²) >= 11 is 5.89. The van der Waals surface area contributed by atoms with Gasteiger partial charge >= 0.3 is 0 Å². The largest absolute Gasteiger partial charge is 0.300 e. The number of carbonyl (C=O) groups is 2. The molecule has 0 saturated heterocycles. The number of ketones is 1. The van der Waals surface area contributed by atoms with E-state index in [0.29, 0.717) is 10.7 Å². The lowest BCUT2D eigenvalue weighted by atomic mass is 10.1. The van der Waals surface area contributed by atoms with Crippen LogP contribution in [0.1, 0.15) is 15.9 Å². The van der Waals surface area contributed by atoms with Crippen molar-refractivity contribution in [3.63, 3.8) is 0 Å². The van der Waals surface area contributed by atoms with Gasteiger partial charge in [0, 0.05) is 5.02 Å². The molecule has 0 saturated carbocycles. The molecule has 0 spiro atoms. The maximum atomic E-state index is 13.3. The number of fused-ring (bicyclic) bond motifs is 1. The van der Waals surface area contributed by atoms with Crippen molar-refractivity contribution < 1.29 is 14.0 Å². The number of nitrogens with zero attached hydrogens (tertiary/aromatic N) is 1. The highest BCUT2D eigenvalue weighted by Gasteiger charge is 2.35. The number of amides is 1. The molecule has 0 aliphatic carbocycles. The lowest BCUT2D eigenvalue weighted by molar-refractivity contribution is -0.114. The van der Waals surface area contributed by atoms with E-state index in [2.05, 4.69) is 0 Å². The number of rotatable bonds is 2. The maximum absolute atomic E-state index is 13.3. The van der Waals surface area contributed by atoms with E-state index < -0.39 is 17.5 Å². The van der Waals surface area contributed by atoms with Crippen LogP contribution in [0.5, 0.6) is 0 Å². The van der Waals surface area contributed by atoms with Gasteiger partial charge in [0.1, 0.15) is 5.82 Å². The zero-order valence-corrected chi connectivity index (χ0v) is 11.0. The number of carbonyl (C=O) groups excluding carboxylic acids is 2. The van der Waals surface area contributed by atoms with Crippen LogP contribution in [0.25, 0.3) is 0 Å². The Kier molecular flexibility index (Phi) is 3.03. The molecule has 0 unspecified atom stereocenters. The first-order chi connectivity index (χ1) is 9.56. The Morgan fingerprint density at radius 1 is 1.10 bits per heavy atom. The summed E-state index contributed by atoms with van der Waals surface area (Å²) < 4.78 is 13.3. The van der Waals surface area contributed by atoms with Crippen molar-refractivity contribution in [3.8, 4) is 0 Å². The van der Waals surface area contributed by atoms with Crippen LogP contribution in [0, 0.1) is 5.82 Å². The number of benzene rings is 2. The first kappa shape index (κ1) is 12.8. The number of hydrogen-bond acceptors (Lipinski definition) is 2. The molecule has 1 amide bonds. The molecule has 20 heavy (non-hydrogen) atoms. The summed E-state index contributed by atoms with van der Waals surface area (Å²) in [4.78, 5) is 25.1. The summed E-state index contributed by atoms with van der Waals surface area (Å²) in [7, 11) is 0. The van der Waals surface area contributed by atoms with Gasteiger partial charge in [0.25, 0.3) is 11.7 Å². The maximum Gasteiger partial charge on any atom is 0.299 e. The summed E-state index contributed by atoms with van der Waals surface area (Å²) in [6.07, 6.45) is 0. The quantitative estimate of drug-likeness (QED) is 0.796. The minimum absolute atomic E-state index is 0.182. The first-order valence-corrected chi connectivity index (χ1v) is 6.34. The second-order valence-corrected chi connectivity index (χ2v) is 4.95. The minimum atomic E-state index is -0.648. The van der Waals surface area contributed by atoms with Gasteiger partial charge in [-0.25, -0.2) is 4.39 Å². The highest BCUT2D eigenvalue weighted by molar-refractivity contribution is 6.52. The molecule has 3 rings (SSSR count). The highest BCUT2D eigenvalue weighted by atomic mass is 35.5. The van der Waals surface area contributed by atoms with E-state index in [-0.39, 0.29) is 12.1 Å². The molecule has 1 heterocycles. The van der Waals surface area contributed by atoms with E-state index >= 15 is 0 Å². The molecule has 1 aliphatic heterocycles. The summed E-state index contributed by atoms with van der Waals surface area (Å²) in [5, 5.41) is 0.542. The lowest BCUT2D eigenvalue weighted by Gasteiger charge is -2.16. The van der Waals surface area contributed by atoms with E-state index in [4.69, 9.17) is 11.6 Å². The minimum Gasteiger partial charge on any atom is -0.300 e. The third-order valence-electron chi connectivity index (χ3n) is 3.16. The Morgan fingerprint density at radius 3 is 2.65 bits per heavy atom. The van der Waals surface area contributed by atoms with Gasteiger partial charge in [0.2, 0.25) is 0 Å². The van der Waals surface area contributed by atoms with Crippen LogP contribution in [-0.4, -0.2) is 11.7 Å². The van der Waals surface area contributed by atoms with Gasteiger partial charge in [-0.05, 0) is 35.9 Å². The fourth-order valence-electron chi connectivity index (χ4n) is 2.24. The Bertz CT molecular complexity index is 730. The topological polar surface area (TPSA) is 37.4 Å². The fourth-order valence-corrected chi connectivity index (χ4v) is 2.46. The van der Waals surface area contributed by atoms with Crippen molar-refractivity contribution in [1.82, 2.24) is 0 Å². The Hall–Kier alpha value is -2.20. The molecular formula is C15H9ClFNO2. The van der Waals surface area contributed by atoms with Crippen molar-refractivity contribution in [3.05, 3.63) is 64.4 Å². The second kappa shape index (κ2) is 4.72. The molecule has 0 radical (unpaired) electrons.